The van der Waals surface area contributed by atoms with Gasteiger partial charge in [-0.2, -0.15) is 0 Å². The first kappa shape index (κ1) is 19.0. The van der Waals surface area contributed by atoms with Crippen molar-refractivity contribution in [2.24, 2.45) is 0 Å². The fourth-order valence-corrected chi connectivity index (χ4v) is 3.77. The lowest BCUT2D eigenvalue weighted by Gasteiger charge is -2.27. The molecule has 0 aliphatic rings. The molecule has 3 rings (SSSR count). The van der Waals surface area contributed by atoms with E-state index in [4.69, 9.17) is 9.26 Å². The number of rotatable bonds is 6. The van der Waals surface area contributed by atoms with E-state index >= 15 is 0 Å². The molecular formula is C19H21N3O4S. The van der Waals surface area contributed by atoms with Crippen LogP contribution in [0.1, 0.15) is 42.7 Å². The summed E-state index contributed by atoms with van der Waals surface area (Å²) < 4.78 is 10.2. The van der Waals surface area contributed by atoms with Crippen LogP contribution in [0.2, 0.25) is 0 Å². The van der Waals surface area contributed by atoms with E-state index in [-0.39, 0.29) is 0 Å². The standard InChI is InChI=1S/C19H21N3O4S/c1-5-8-19(3,18(24)25-4)21-16(23)12-10-13(14-7-6-9-27-14)20-17-15(12)11(2)22-26-17/h6-7,9-10H,5,8H2,1-4H3,(H,21,23)/t19-/m1/s1. The fourth-order valence-electron chi connectivity index (χ4n) is 3.08. The summed E-state index contributed by atoms with van der Waals surface area (Å²) in [6.07, 6.45) is 1.17. The Morgan fingerprint density at radius 1 is 1.41 bits per heavy atom. The summed E-state index contributed by atoms with van der Waals surface area (Å²) in [5, 5.41) is 9.25. The van der Waals surface area contributed by atoms with Crippen molar-refractivity contribution in [1.29, 1.82) is 0 Å². The van der Waals surface area contributed by atoms with Crippen molar-refractivity contribution in [3.05, 3.63) is 34.8 Å². The first-order valence-corrected chi connectivity index (χ1v) is 9.49. The van der Waals surface area contributed by atoms with Crippen molar-refractivity contribution in [3.63, 3.8) is 0 Å². The van der Waals surface area contributed by atoms with Gasteiger partial charge in [-0.05, 0) is 37.8 Å². The van der Waals surface area contributed by atoms with E-state index in [2.05, 4.69) is 15.5 Å². The number of carbonyl (C=O) groups is 2. The molecule has 3 heterocycles. The summed E-state index contributed by atoms with van der Waals surface area (Å²) in [7, 11) is 1.31. The molecule has 3 aromatic heterocycles. The molecule has 0 saturated carbocycles. The molecule has 0 bridgehead atoms. The lowest BCUT2D eigenvalue weighted by atomic mass is 9.95. The zero-order valence-electron chi connectivity index (χ0n) is 15.7. The Morgan fingerprint density at radius 3 is 2.81 bits per heavy atom. The summed E-state index contributed by atoms with van der Waals surface area (Å²) in [5.74, 6) is -0.878. The highest BCUT2D eigenvalue weighted by Crippen LogP contribution is 2.30. The zero-order chi connectivity index (χ0) is 19.6. The van der Waals surface area contributed by atoms with Crippen molar-refractivity contribution in [1.82, 2.24) is 15.5 Å². The molecule has 0 unspecified atom stereocenters. The van der Waals surface area contributed by atoms with E-state index in [9.17, 15) is 9.59 Å². The van der Waals surface area contributed by atoms with Crippen molar-refractivity contribution in [3.8, 4) is 10.6 Å². The van der Waals surface area contributed by atoms with Gasteiger partial charge in [0.1, 0.15) is 5.54 Å². The van der Waals surface area contributed by atoms with Crippen LogP contribution in [0.25, 0.3) is 21.7 Å². The predicted molar refractivity (Wildman–Crippen MR) is 103 cm³/mol. The van der Waals surface area contributed by atoms with Gasteiger partial charge < -0.3 is 14.6 Å². The van der Waals surface area contributed by atoms with Gasteiger partial charge in [0, 0.05) is 0 Å². The molecule has 27 heavy (non-hydrogen) atoms. The summed E-state index contributed by atoms with van der Waals surface area (Å²) in [5.41, 5.74) is 0.724. The molecule has 0 spiro atoms. The smallest absolute Gasteiger partial charge is 0.331 e. The number of amides is 1. The number of nitrogens with zero attached hydrogens (tertiary/aromatic N) is 2. The van der Waals surface area contributed by atoms with E-state index in [1.165, 1.54) is 18.4 Å². The van der Waals surface area contributed by atoms with Crippen LogP contribution < -0.4 is 5.32 Å². The highest BCUT2D eigenvalue weighted by Gasteiger charge is 2.36. The Kier molecular flexibility index (Phi) is 5.27. The van der Waals surface area contributed by atoms with Crippen molar-refractivity contribution in [2.45, 2.75) is 39.2 Å². The molecular weight excluding hydrogens is 366 g/mol. The lowest BCUT2D eigenvalue weighted by Crippen LogP contribution is -2.52. The summed E-state index contributed by atoms with van der Waals surface area (Å²) in [6, 6.07) is 5.53. The van der Waals surface area contributed by atoms with Gasteiger partial charge in [-0.3, -0.25) is 4.79 Å². The van der Waals surface area contributed by atoms with Crippen LogP contribution in [0, 0.1) is 6.92 Å². The molecule has 1 amide bonds. The maximum absolute atomic E-state index is 13.1. The molecule has 0 aliphatic carbocycles. The van der Waals surface area contributed by atoms with Gasteiger partial charge in [0.15, 0.2) is 0 Å². The summed E-state index contributed by atoms with van der Waals surface area (Å²) >= 11 is 1.51. The number of hydrogen-bond donors (Lipinski definition) is 1. The molecule has 0 fully saturated rings. The molecule has 8 heteroatoms. The number of esters is 1. The Balaban J connectivity index is 2.07. The molecule has 3 aromatic rings. The molecule has 0 saturated heterocycles. The highest BCUT2D eigenvalue weighted by atomic mass is 32.1. The largest absolute Gasteiger partial charge is 0.467 e. The second kappa shape index (κ2) is 7.48. The van der Waals surface area contributed by atoms with Gasteiger partial charge in [0.05, 0.1) is 34.3 Å². The Labute approximate surface area is 160 Å². The first-order valence-electron chi connectivity index (χ1n) is 8.61. The third-order valence-corrected chi connectivity index (χ3v) is 5.30. The van der Waals surface area contributed by atoms with E-state index in [0.29, 0.717) is 40.9 Å². The van der Waals surface area contributed by atoms with Crippen LogP contribution in [0.4, 0.5) is 0 Å². The normalized spacial score (nSPS) is 13.3. The molecule has 7 nitrogen and oxygen atoms in total. The third-order valence-electron chi connectivity index (χ3n) is 4.41. The maximum atomic E-state index is 13.1. The number of aromatic nitrogens is 2. The summed E-state index contributed by atoms with van der Waals surface area (Å²) in [6.45, 7) is 5.36. The van der Waals surface area contributed by atoms with Gasteiger partial charge in [-0.1, -0.05) is 24.6 Å². The highest BCUT2D eigenvalue weighted by molar-refractivity contribution is 7.13. The van der Waals surface area contributed by atoms with Crippen molar-refractivity contribution >= 4 is 34.3 Å². The minimum atomic E-state index is -1.12. The molecule has 0 aromatic carbocycles. The topological polar surface area (TPSA) is 94.3 Å². The second-order valence-corrected chi connectivity index (χ2v) is 7.46. The molecule has 1 atom stereocenters. The van der Waals surface area contributed by atoms with Crippen molar-refractivity contribution in [2.75, 3.05) is 7.11 Å². The number of pyridine rings is 1. The number of ether oxygens (including phenoxy) is 1. The van der Waals surface area contributed by atoms with Crippen LogP contribution in [-0.2, 0) is 9.53 Å². The Bertz CT molecular complexity index is 980. The maximum Gasteiger partial charge on any atom is 0.331 e. The number of aryl methyl sites for hydroxylation is 1. The van der Waals surface area contributed by atoms with Gasteiger partial charge in [0.25, 0.3) is 11.6 Å². The third kappa shape index (κ3) is 3.57. The zero-order valence-corrected chi connectivity index (χ0v) is 16.5. The van der Waals surface area contributed by atoms with E-state index in [1.54, 1.807) is 19.9 Å². The minimum absolute atomic E-state index is 0.291. The summed E-state index contributed by atoms with van der Waals surface area (Å²) in [4.78, 5) is 30.8. The van der Waals surface area contributed by atoms with Crippen LogP contribution in [0.15, 0.2) is 28.1 Å². The van der Waals surface area contributed by atoms with Gasteiger partial charge in [0.2, 0.25) is 0 Å². The number of methoxy groups -OCH3 is 1. The average Bonchev–Trinajstić information content (AvgIpc) is 3.30. The van der Waals surface area contributed by atoms with Crippen LogP contribution >= 0.6 is 11.3 Å². The predicted octanol–water partition coefficient (Wildman–Crippen LogP) is 3.72. The van der Waals surface area contributed by atoms with Crippen LogP contribution in [0.3, 0.4) is 0 Å². The molecule has 0 radical (unpaired) electrons. The van der Waals surface area contributed by atoms with E-state index in [1.807, 2.05) is 24.4 Å². The molecule has 0 aliphatic heterocycles. The quantitative estimate of drug-likeness (QED) is 0.648. The number of nitrogens with one attached hydrogen (secondary N) is 1. The Hall–Kier alpha value is -2.74. The monoisotopic (exact) mass is 387 g/mol. The minimum Gasteiger partial charge on any atom is -0.467 e. The number of hydrogen-bond acceptors (Lipinski definition) is 7. The van der Waals surface area contributed by atoms with Gasteiger partial charge in [-0.25, -0.2) is 9.78 Å². The first-order chi connectivity index (χ1) is 12.9. The average molecular weight is 387 g/mol. The fraction of sp³-hybridized carbons (Fsp3) is 0.368. The van der Waals surface area contributed by atoms with Crippen LogP contribution in [-0.4, -0.2) is 34.7 Å². The van der Waals surface area contributed by atoms with Crippen molar-refractivity contribution < 1.29 is 18.8 Å². The SMILES string of the molecule is CCC[C@@](C)(NC(=O)c1cc(-c2cccs2)nc2onc(C)c12)C(=O)OC. The lowest BCUT2D eigenvalue weighted by molar-refractivity contribution is -0.147. The van der Waals surface area contributed by atoms with Crippen LogP contribution in [0.5, 0.6) is 0 Å². The second-order valence-electron chi connectivity index (χ2n) is 6.51. The van der Waals surface area contributed by atoms with E-state index in [0.717, 1.165) is 4.88 Å². The molecule has 142 valence electrons. The van der Waals surface area contributed by atoms with E-state index < -0.39 is 17.4 Å². The number of fused-ring (bicyclic) bond motifs is 1. The Morgan fingerprint density at radius 2 is 2.19 bits per heavy atom. The van der Waals surface area contributed by atoms with Gasteiger partial charge >= 0.3 is 5.97 Å². The van der Waals surface area contributed by atoms with Gasteiger partial charge in [-0.15, -0.1) is 11.3 Å². The number of thiophene rings is 1. The number of carbonyl (C=O) groups excluding carboxylic acids is 2. The molecule has 1 N–H and O–H groups in total.